The van der Waals surface area contributed by atoms with E-state index in [1.54, 1.807) is 17.5 Å². The summed E-state index contributed by atoms with van der Waals surface area (Å²) in [7, 11) is 0. The third-order valence-electron chi connectivity index (χ3n) is 2.60. The molecule has 4 heteroatoms. The van der Waals surface area contributed by atoms with Gasteiger partial charge in [-0.15, -0.1) is 11.3 Å². The topological polar surface area (TPSA) is 25.8 Å². The molecule has 0 aliphatic rings. The highest BCUT2D eigenvalue weighted by molar-refractivity contribution is 9.10. The summed E-state index contributed by atoms with van der Waals surface area (Å²) in [5.74, 6) is 0.521. The number of hydrogen-bond donors (Lipinski definition) is 0. The van der Waals surface area contributed by atoms with Crippen LogP contribution in [0.1, 0.15) is 31.9 Å². The van der Waals surface area contributed by atoms with E-state index < -0.39 is 0 Å². The largest absolute Gasteiger partial charge is 0.253 e. The molecular weight excluding hydrogens is 284 g/mol. The molecule has 0 N–H and O–H groups in total. The second-order valence-corrected chi connectivity index (χ2v) is 5.43. The van der Waals surface area contributed by atoms with Gasteiger partial charge in [-0.3, -0.25) is 4.98 Å². The lowest BCUT2D eigenvalue weighted by atomic mass is 10.1. The average molecular weight is 297 g/mol. The normalized spacial score (nSPS) is 12.7. The summed E-state index contributed by atoms with van der Waals surface area (Å²) < 4.78 is 1.00. The molecular formula is C12H13BrN2S. The minimum absolute atomic E-state index is 0.521. The number of thiazole rings is 1. The van der Waals surface area contributed by atoms with Crippen molar-refractivity contribution in [1.82, 2.24) is 9.97 Å². The van der Waals surface area contributed by atoms with Crippen molar-refractivity contribution in [2.24, 2.45) is 0 Å². The Labute approximate surface area is 108 Å². The highest BCUT2D eigenvalue weighted by Crippen LogP contribution is 2.30. The molecule has 0 amide bonds. The molecule has 0 aliphatic heterocycles. The van der Waals surface area contributed by atoms with Crippen LogP contribution in [0.3, 0.4) is 0 Å². The number of aromatic nitrogens is 2. The highest BCUT2D eigenvalue weighted by atomic mass is 79.9. The third kappa shape index (κ3) is 2.33. The molecule has 16 heavy (non-hydrogen) atoms. The zero-order valence-electron chi connectivity index (χ0n) is 9.27. The molecule has 1 atom stereocenters. The van der Waals surface area contributed by atoms with E-state index in [1.807, 2.05) is 12.1 Å². The summed E-state index contributed by atoms with van der Waals surface area (Å²) >= 11 is 5.16. The SMILES string of the molecule is CCC(C)c1csc(-c2ncccc2Br)n1. The minimum atomic E-state index is 0.521. The first kappa shape index (κ1) is 11.7. The fourth-order valence-electron chi connectivity index (χ4n) is 1.37. The summed E-state index contributed by atoms with van der Waals surface area (Å²) in [5, 5.41) is 3.12. The maximum Gasteiger partial charge on any atom is 0.143 e. The molecule has 2 nitrogen and oxygen atoms in total. The summed E-state index contributed by atoms with van der Waals surface area (Å²) in [5.41, 5.74) is 2.10. The standard InChI is InChI=1S/C12H13BrN2S/c1-3-8(2)10-7-16-12(15-10)11-9(13)5-4-6-14-11/h4-8H,3H2,1-2H3. The lowest BCUT2D eigenvalue weighted by Crippen LogP contribution is -1.91. The van der Waals surface area contributed by atoms with Crippen LogP contribution in [-0.2, 0) is 0 Å². The predicted molar refractivity (Wildman–Crippen MR) is 71.8 cm³/mol. The molecule has 2 rings (SSSR count). The summed E-state index contributed by atoms with van der Waals surface area (Å²) in [6.45, 7) is 4.38. The molecule has 0 saturated heterocycles. The summed E-state index contributed by atoms with van der Waals surface area (Å²) in [4.78, 5) is 8.99. The molecule has 0 saturated carbocycles. The molecule has 1 unspecified atom stereocenters. The molecule has 2 aromatic heterocycles. The van der Waals surface area contributed by atoms with Crippen molar-refractivity contribution in [3.05, 3.63) is 33.9 Å². The second kappa shape index (κ2) is 5.06. The van der Waals surface area contributed by atoms with Crippen LogP contribution < -0.4 is 0 Å². The van der Waals surface area contributed by atoms with Crippen molar-refractivity contribution in [3.63, 3.8) is 0 Å². The number of rotatable bonds is 3. The van der Waals surface area contributed by atoms with Crippen molar-refractivity contribution in [2.45, 2.75) is 26.2 Å². The Kier molecular flexibility index (Phi) is 3.71. The average Bonchev–Trinajstić information content (AvgIpc) is 2.78. The zero-order chi connectivity index (χ0) is 11.5. The van der Waals surface area contributed by atoms with Crippen LogP contribution in [0.4, 0.5) is 0 Å². The number of hydrogen-bond acceptors (Lipinski definition) is 3. The fourth-order valence-corrected chi connectivity index (χ4v) is 2.90. The van der Waals surface area contributed by atoms with E-state index in [0.29, 0.717) is 5.92 Å². The molecule has 2 aromatic rings. The van der Waals surface area contributed by atoms with Gasteiger partial charge < -0.3 is 0 Å². The van der Waals surface area contributed by atoms with Crippen LogP contribution in [-0.4, -0.2) is 9.97 Å². The van der Waals surface area contributed by atoms with E-state index in [4.69, 9.17) is 0 Å². The van der Waals surface area contributed by atoms with Crippen molar-refractivity contribution in [2.75, 3.05) is 0 Å². The van der Waals surface area contributed by atoms with Gasteiger partial charge in [-0.25, -0.2) is 4.98 Å². The molecule has 0 radical (unpaired) electrons. The van der Waals surface area contributed by atoms with Crippen molar-refractivity contribution >= 4 is 27.3 Å². The van der Waals surface area contributed by atoms with E-state index in [9.17, 15) is 0 Å². The Morgan fingerprint density at radius 3 is 3.00 bits per heavy atom. The van der Waals surface area contributed by atoms with E-state index in [0.717, 1.165) is 21.6 Å². The maximum atomic E-state index is 4.64. The van der Waals surface area contributed by atoms with Gasteiger partial charge in [0, 0.05) is 16.0 Å². The molecule has 84 valence electrons. The molecule has 2 heterocycles. The van der Waals surface area contributed by atoms with Gasteiger partial charge in [-0.2, -0.15) is 0 Å². The summed E-state index contributed by atoms with van der Waals surface area (Å²) in [6, 6.07) is 3.91. The third-order valence-corrected chi connectivity index (χ3v) is 4.11. The smallest absolute Gasteiger partial charge is 0.143 e. The van der Waals surface area contributed by atoms with E-state index in [1.165, 1.54) is 5.69 Å². The van der Waals surface area contributed by atoms with Gasteiger partial charge in [0.25, 0.3) is 0 Å². The van der Waals surface area contributed by atoms with Gasteiger partial charge in [-0.05, 0) is 40.4 Å². The number of pyridine rings is 1. The van der Waals surface area contributed by atoms with Crippen molar-refractivity contribution in [3.8, 4) is 10.7 Å². The Morgan fingerprint density at radius 1 is 1.50 bits per heavy atom. The lowest BCUT2D eigenvalue weighted by molar-refractivity contribution is 0.714. The first-order chi connectivity index (χ1) is 7.72. The van der Waals surface area contributed by atoms with Gasteiger partial charge in [-0.1, -0.05) is 13.8 Å². The van der Waals surface area contributed by atoms with Crippen molar-refractivity contribution < 1.29 is 0 Å². The van der Waals surface area contributed by atoms with Gasteiger partial charge in [0.2, 0.25) is 0 Å². The quantitative estimate of drug-likeness (QED) is 0.834. The Hall–Kier alpha value is -0.740. The molecule has 0 aliphatic carbocycles. The Morgan fingerprint density at radius 2 is 2.31 bits per heavy atom. The Balaban J connectivity index is 2.35. The van der Waals surface area contributed by atoms with Crippen LogP contribution in [0.25, 0.3) is 10.7 Å². The first-order valence-corrected chi connectivity index (χ1v) is 6.96. The van der Waals surface area contributed by atoms with Crippen LogP contribution in [0.2, 0.25) is 0 Å². The van der Waals surface area contributed by atoms with Gasteiger partial charge in [0.15, 0.2) is 0 Å². The molecule has 0 bridgehead atoms. The fraction of sp³-hybridized carbons (Fsp3) is 0.333. The minimum Gasteiger partial charge on any atom is -0.253 e. The van der Waals surface area contributed by atoms with Gasteiger partial charge in [0.05, 0.1) is 5.69 Å². The van der Waals surface area contributed by atoms with E-state index in [-0.39, 0.29) is 0 Å². The van der Waals surface area contributed by atoms with Crippen LogP contribution in [0, 0.1) is 0 Å². The van der Waals surface area contributed by atoms with Crippen LogP contribution in [0.15, 0.2) is 28.2 Å². The molecule has 0 fully saturated rings. The zero-order valence-corrected chi connectivity index (χ0v) is 11.7. The van der Waals surface area contributed by atoms with Crippen LogP contribution in [0.5, 0.6) is 0 Å². The summed E-state index contributed by atoms with van der Waals surface area (Å²) in [6.07, 6.45) is 2.91. The van der Waals surface area contributed by atoms with Gasteiger partial charge in [0.1, 0.15) is 10.7 Å². The molecule has 0 spiro atoms. The Bertz CT molecular complexity index is 481. The maximum absolute atomic E-state index is 4.64. The van der Waals surface area contributed by atoms with E-state index >= 15 is 0 Å². The molecule has 0 aromatic carbocycles. The second-order valence-electron chi connectivity index (χ2n) is 3.72. The van der Waals surface area contributed by atoms with Crippen LogP contribution >= 0.6 is 27.3 Å². The predicted octanol–water partition coefficient (Wildman–Crippen LogP) is 4.48. The lowest BCUT2D eigenvalue weighted by Gasteiger charge is -2.02. The van der Waals surface area contributed by atoms with Crippen molar-refractivity contribution in [1.29, 1.82) is 0 Å². The monoisotopic (exact) mass is 296 g/mol. The highest BCUT2D eigenvalue weighted by Gasteiger charge is 2.12. The first-order valence-electron chi connectivity index (χ1n) is 5.28. The van der Waals surface area contributed by atoms with E-state index in [2.05, 4.69) is 45.1 Å². The number of nitrogens with zero attached hydrogens (tertiary/aromatic N) is 2. The number of halogens is 1. The van der Waals surface area contributed by atoms with Gasteiger partial charge >= 0.3 is 0 Å².